The first-order valence-electron chi connectivity index (χ1n) is 14.0. The summed E-state index contributed by atoms with van der Waals surface area (Å²) in [6.45, 7) is 13.3. The van der Waals surface area contributed by atoms with E-state index in [1.54, 1.807) is 0 Å². The van der Waals surface area contributed by atoms with Crippen LogP contribution in [0, 0.1) is 29.1 Å². The van der Waals surface area contributed by atoms with Crippen LogP contribution in [0.4, 0.5) is 0 Å². The highest BCUT2D eigenvalue weighted by Gasteiger charge is 2.40. The molecule has 4 heteroatoms. The summed E-state index contributed by atoms with van der Waals surface area (Å²) < 4.78 is 0. The summed E-state index contributed by atoms with van der Waals surface area (Å²) in [5.74, 6) is 0.824. The van der Waals surface area contributed by atoms with Crippen molar-refractivity contribution in [3.05, 3.63) is 0 Å². The second-order valence-electron chi connectivity index (χ2n) is 11.8. The minimum absolute atomic E-state index is 0.301. The molecule has 1 unspecified atom stereocenters. The molecular formula is C29H56O4. The smallest absolute Gasteiger partial charge is 0.309 e. The highest BCUT2D eigenvalue weighted by atomic mass is 16.4. The van der Waals surface area contributed by atoms with Crippen molar-refractivity contribution in [2.75, 3.05) is 0 Å². The number of rotatable bonds is 22. The summed E-state index contributed by atoms with van der Waals surface area (Å²) in [6.07, 6.45) is 16.3. The molecule has 0 spiro atoms. The van der Waals surface area contributed by atoms with Gasteiger partial charge in [0.15, 0.2) is 0 Å². The third-order valence-corrected chi connectivity index (χ3v) is 7.42. The predicted octanol–water partition coefficient (Wildman–Crippen LogP) is 8.97. The zero-order valence-corrected chi connectivity index (χ0v) is 22.8. The van der Waals surface area contributed by atoms with Crippen molar-refractivity contribution in [1.82, 2.24) is 0 Å². The van der Waals surface area contributed by atoms with Crippen LogP contribution in [0.3, 0.4) is 0 Å². The Balaban J connectivity index is 4.53. The van der Waals surface area contributed by atoms with E-state index < -0.39 is 17.4 Å². The van der Waals surface area contributed by atoms with Gasteiger partial charge in [-0.2, -0.15) is 0 Å². The fourth-order valence-electron chi connectivity index (χ4n) is 4.85. The van der Waals surface area contributed by atoms with Crippen LogP contribution in [0.1, 0.15) is 144 Å². The van der Waals surface area contributed by atoms with E-state index in [9.17, 15) is 14.7 Å². The number of unbranched alkanes of at least 4 members (excludes halogenated alkanes) is 8. The van der Waals surface area contributed by atoms with Gasteiger partial charge in [-0.15, -0.1) is 0 Å². The van der Waals surface area contributed by atoms with Crippen LogP contribution in [0.15, 0.2) is 0 Å². The fourth-order valence-corrected chi connectivity index (χ4v) is 4.85. The Morgan fingerprint density at radius 3 is 1.42 bits per heavy atom. The van der Waals surface area contributed by atoms with E-state index in [1.807, 2.05) is 0 Å². The highest BCUT2D eigenvalue weighted by molar-refractivity contribution is 5.74. The highest BCUT2D eigenvalue weighted by Crippen LogP contribution is 2.42. The Morgan fingerprint density at radius 2 is 1.06 bits per heavy atom. The number of hydrogen-bond donors (Lipinski definition) is 2. The van der Waals surface area contributed by atoms with E-state index >= 15 is 0 Å². The Bertz CT molecular complexity index is 498. The molecule has 0 aliphatic rings. The maximum absolute atomic E-state index is 12.6. The molecule has 0 saturated carbocycles. The fraction of sp³-hybridized carbons (Fsp3) is 0.931. The Morgan fingerprint density at radius 1 is 0.636 bits per heavy atom. The quantitative estimate of drug-likeness (QED) is 0.155. The van der Waals surface area contributed by atoms with Crippen molar-refractivity contribution in [2.45, 2.75) is 144 Å². The topological polar surface area (TPSA) is 74.6 Å². The molecule has 33 heavy (non-hydrogen) atoms. The van der Waals surface area contributed by atoms with Gasteiger partial charge in [0.25, 0.3) is 0 Å². The van der Waals surface area contributed by atoms with Crippen LogP contribution in [0.25, 0.3) is 0 Å². The van der Waals surface area contributed by atoms with E-state index in [4.69, 9.17) is 5.11 Å². The van der Waals surface area contributed by atoms with Gasteiger partial charge in [0.05, 0.1) is 5.41 Å². The van der Waals surface area contributed by atoms with E-state index in [2.05, 4.69) is 41.5 Å². The Hall–Kier alpha value is -1.06. The van der Waals surface area contributed by atoms with Gasteiger partial charge in [-0.1, -0.05) is 99.3 Å². The van der Waals surface area contributed by atoms with Crippen molar-refractivity contribution in [2.24, 2.45) is 29.1 Å². The lowest BCUT2D eigenvalue weighted by Gasteiger charge is -2.36. The zero-order valence-electron chi connectivity index (χ0n) is 22.8. The lowest BCUT2D eigenvalue weighted by atomic mass is 9.68. The van der Waals surface area contributed by atoms with Crippen molar-refractivity contribution in [1.29, 1.82) is 0 Å². The van der Waals surface area contributed by atoms with E-state index in [0.717, 1.165) is 57.8 Å². The standard InChI is InChI=1S/C29H56O4/c1-23(2)18-20-29(28(32)33,21-19-24(3)4)22-26(25(5)6)16-14-12-10-8-7-9-11-13-15-17-27(30)31/h23-26H,7-22H2,1-6H3,(H,30,31)(H,32,33). The van der Waals surface area contributed by atoms with Crippen LogP contribution in [-0.2, 0) is 9.59 Å². The molecule has 196 valence electrons. The summed E-state index contributed by atoms with van der Waals surface area (Å²) in [5, 5.41) is 19.0. The van der Waals surface area contributed by atoms with Crippen LogP contribution < -0.4 is 0 Å². The molecule has 4 nitrogen and oxygen atoms in total. The molecule has 0 saturated heterocycles. The molecular weight excluding hydrogens is 412 g/mol. The number of carbonyl (C=O) groups is 2. The summed E-state index contributed by atoms with van der Waals surface area (Å²) in [6, 6.07) is 0. The molecule has 0 heterocycles. The first-order valence-corrected chi connectivity index (χ1v) is 14.0. The molecule has 2 N–H and O–H groups in total. The third-order valence-electron chi connectivity index (χ3n) is 7.42. The van der Waals surface area contributed by atoms with Crippen LogP contribution >= 0.6 is 0 Å². The second-order valence-corrected chi connectivity index (χ2v) is 11.8. The van der Waals surface area contributed by atoms with Gasteiger partial charge in [0, 0.05) is 6.42 Å². The first kappa shape index (κ1) is 31.9. The van der Waals surface area contributed by atoms with Crippen molar-refractivity contribution in [3.63, 3.8) is 0 Å². The van der Waals surface area contributed by atoms with Gasteiger partial charge in [0.2, 0.25) is 0 Å². The number of hydrogen-bond acceptors (Lipinski definition) is 2. The van der Waals surface area contributed by atoms with Gasteiger partial charge in [-0.3, -0.25) is 9.59 Å². The van der Waals surface area contributed by atoms with Crippen molar-refractivity contribution < 1.29 is 19.8 Å². The Kier molecular flexibility index (Phi) is 17.7. The molecule has 0 rings (SSSR count). The molecule has 0 aromatic carbocycles. The summed E-state index contributed by atoms with van der Waals surface area (Å²) in [7, 11) is 0. The Labute approximate surface area is 205 Å². The first-order chi connectivity index (χ1) is 15.5. The monoisotopic (exact) mass is 468 g/mol. The normalized spacial score (nSPS) is 13.2. The average Bonchev–Trinajstić information content (AvgIpc) is 2.71. The number of carboxylic acid groups (broad SMARTS) is 2. The maximum atomic E-state index is 12.6. The van der Waals surface area contributed by atoms with Gasteiger partial charge in [-0.05, 0) is 62.2 Å². The molecule has 0 aromatic rings. The van der Waals surface area contributed by atoms with Gasteiger partial charge >= 0.3 is 11.9 Å². The molecule has 0 aliphatic heterocycles. The van der Waals surface area contributed by atoms with Crippen molar-refractivity contribution in [3.8, 4) is 0 Å². The molecule has 0 amide bonds. The van der Waals surface area contributed by atoms with E-state index in [1.165, 1.54) is 38.5 Å². The summed E-state index contributed by atoms with van der Waals surface area (Å²) in [5.41, 5.74) is -0.565. The predicted molar refractivity (Wildman–Crippen MR) is 140 cm³/mol. The van der Waals surface area contributed by atoms with E-state index in [-0.39, 0.29) is 0 Å². The van der Waals surface area contributed by atoms with Crippen molar-refractivity contribution >= 4 is 11.9 Å². The molecule has 0 bridgehead atoms. The van der Waals surface area contributed by atoms with Gasteiger partial charge in [-0.25, -0.2) is 0 Å². The van der Waals surface area contributed by atoms with Gasteiger partial charge < -0.3 is 10.2 Å². The lowest BCUT2D eigenvalue weighted by Crippen LogP contribution is -2.35. The molecule has 0 aliphatic carbocycles. The van der Waals surface area contributed by atoms with Crippen LogP contribution in [0.2, 0.25) is 0 Å². The van der Waals surface area contributed by atoms with Crippen LogP contribution in [-0.4, -0.2) is 22.2 Å². The molecule has 0 radical (unpaired) electrons. The minimum atomic E-state index is -0.685. The molecule has 0 fully saturated rings. The average molecular weight is 469 g/mol. The molecule has 1 atom stereocenters. The number of carboxylic acids is 2. The summed E-state index contributed by atoms with van der Waals surface area (Å²) >= 11 is 0. The van der Waals surface area contributed by atoms with E-state index in [0.29, 0.717) is 30.1 Å². The van der Waals surface area contributed by atoms with Gasteiger partial charge in [0.1, 0.15) is 0 Å². The largest absolute Gasteiger partial charge is 0.481 e. The second kappa shape index (κ2) is 18.3. The third kappa shape index (κ3) is 16.2. The molecule has 0 aromatic heterocycles. The number of aliphatic carboxylic acids is 2. The zero-order chi connectivity index (χ0) is 25.3. The maximum Gasteiger partial charge on any atom is 0.309 e. The van der Waals surface area contributed by atoms with Crippen LogP contribution in [0.5, 0.6) is 0 Å². The lowest BCUT2D eigenvalue weighted by molar-refractivity contribution is -0.152. The SMILES string of the molecule is CC(C)CCC(CCC(C)C)(CC(CCCCCCCCCCCC(=O)O)C(C)C)C(=O)O. The minimum Gasteiger partial charge on any atom is -0.481 e. The summed E-state index contributed by atoms with van der Waals surface area (Å²) in [4.78, 5) is 23.1.